The average molecular weight is 841 g/mol. The van der Waals surface area contributed by atoms with Gasteiger partial charge in [-0.15, -0.1) is 0 Å². The van der Waals surface area contributed by atoms with Crippen molar-refractivity contribution in [2.24, 2.45) is 0 Å². The molecule has 0 aliphatic rings. The Balaban J connectivity index is 0.000000374. The van der Waals surface area contributed by atoms with Crippen molar-refractivity contribution in [2.75, 3.05) is 27.4 Å². The number of halogens is 5. The number of methoxy groups -OCH3 is 2. The largest absolute Gasteiger partial charge is 0.495 e. The molecule has 0 amide bonds. The molecule has 56 heavy (non-hydrogen) atoms. The summed E-state index contributed by atoms with van der Waals surface area (Å²) in [4.78, 5) is 9.75. The minimum Gasteiger partial charge on any atom is -0.495 e. The van der Waals surface area contributed by atoms with Crippen molar-refractivity contribution >= 4 is 40.5 Å². The number of non-ortho nitro benzene ring substituents is 1. The summed E-state index contributed by atoms with van der Waals surface area (Å²) in [6, 6.07) is 18.3. The average Bonchev–Trinajstić information content (AvgIpc) is 3.06. The van der Waals surface area contributed by atoms with E-state index in [1.54, 1.807) is 7.11 Å². The summed E-state index contributed by atoms with van der Waals surface area (Å²) < 4.78 is 42.5. The van der Waals surface area contributed by atoms with E-state index >= 15 is 0 Å². The maximum absolute atomic E-state index is 13.5. The van der Waals surface area contributed by atoms with E-state index in [9.17, 15) is 18.9 Å². The molecule has 310 valence electrons. The van der Waals surface area contributed by atoms with Crippen LogP contribution in [0.25, 0.3) is 0 Å². The van der Waals surface area contributed by atoms with Crippen LogP contribution in [0.3, 0.4) is 0 Å². The normalized spacial score (nSPS) is 11.5. The smallest absolute Gasteiger partial charge is 0.272 e. The molecule has 0 unspecified atom stereocenters. The van der Waals surface area contributed by atoms with Crippen molar-refractivity contribution in [1.82, 2.24) is 0 Å². The van der Waals surface area contributed by atoms with Crippen LogP contribution in [-0.4, -0.2) is 37.5 Å². The van der Waals surface area contributed by atoms with E-state index in [1.807, 2.05) is 77.9 Å². The molecule has 4 aromatic rings. The zero-order chi connectivity index (χ0) is 43.4. The van der Waals surface area contributed by atoms with Crippen molar-refractivity contribution in [2.45, 2.75) is 105 Å². The Bertz CT molecular complexity index is 1890. The van der Waals surface area contributed by atoms with Crippen molar-refractivity contribution in [3.05, 3.63) is 126 Å². The van der Waals surface area contributed by atoms with Gasteiger partial charge >= 0.3 is 0 Å². The fourth-order valence-corrected chi connectivity index (χ4v) is 6.67. The Kier molecular flexibility index (Phi) is 19.1. The number of aliphatic hydroxyl groups excluding tert-OH is 1. The van der Waals surface area contributed by atoms with Gasteiger partial charge < -0.3 is 19.3 Å². The molecule has 0 saturated heterocycles. The molecular formula is C44H58Cl3F2NO6. The number of benzene rings is 4. The van der Waals surface area contributed by atoms with E-state index in [0.29, 0.717) is 32.7 Å². The monoisotopic (exact) mass is 839 g/mol. The van der Waals surface area contributed by atoms with E-state index in [4.69, 9.17) is 54.1 Å². The van der Waals surface area contributed by atoms with Gasteiger partial charge in [0.15, 0.2) is 0 Å². The van der Waals surface area contributed by atoms with Gasteiger partial charge in [0.25, 0.3) is 5.69 Å². The summed E-state index contributed by atoms with van der Waals surface area (Å²) in [5, 5.41) is 20.8. The minimum atomic E-state index is -0.602. The van der Waals surface area contributed by atoms with E-state index in [-0.39, 0.29) is 46.4 Å². The lowest BCUT2D eigenvalue weighted by Crippen LogP contribution is -2.14. The molecule has 0 aliphatic heterocycles. The topological polar surface area (TPSA) is 91.1 Å². The quantitative estimate of drug-likeness (QED) is 0.154. The highest BCUT2D eigenvalue weighted by atomic mass is 35.5. The molecule has 0 atom stereocenters. The summed E-state index contributed by atoms with van der Waals surface area (Å²) in [6.07, 6.45) is 0. The summed E-state index contributed by atoms with van der Waals surface area (Å²) in [6.45, 7) is 24.3. The number of hydrogen-bond acceptors (Lipinski definition) is 6. The van der Waals surface area contributed by atoms with Crippen molar-refractivity contribution in [3.63, 3.8) is 0 Å². The molecule has 0 aliphatic carbocycles. The molecule has 0 fully saturated rings. The van der Waals surface area contributed by atoms with Crippen LogP contribution in [0.1, 0.15) is 105 Å². The van der Waals surface area contributed by atoms with Crippen molar-refractivity contribution in [1.29, 1.82) is 0 Å². The van der Waals surface area contributed by atoms with Gasteiger partial charge in [-0.2, -0.15) is 0 Å². The number of hydrogen-bond donors (Lipinski definition) is 1. The molecule has 4 rings (SSSR count). The summed E-state index contributed by atoms with van der Waals surface area (Å²) in [7, 11) is 3.15. The van der Waals surface area contributed by atoms with Crippen LogP contribution in [0.15, 0.2) is 66.7 Å². The van der Waals surface area contributed by atoms with Gasteiger partial charge in [0.2, 0.25) is 0 Å². The maximum Gasteiger partial charge on any atom is 0.272 e. The predicted octanol–water partition coefficient (Wildman–Crippen LogP) is 13.5. The molecule has 0 bridgehead atoms. The third-order valence-electron chi connectivity index (χ3n) is 8.11. The van der Waals surface area contributed by atoms with Gasteiger partial charge in [0, 0.05) is 11.6 Å². The first-order valence-electron chi connectivity index (χ1n) is 18.0. The van der Waals surface area contributed by atoms with Gasteiger partial charge in [0.05, 0.1) is 46.9 Å². The fourth-order valence-electron chi connectivity index (χ4n) is 5.21. The Labute approximate surface area is 347 Å². The molecule has 0 heterocycles. The number of rotatable bonds is 6. The number of nitro benzene ring substituents is 1. The van der Waals surface area contributed by atoms with Crippen LogP contribution in [0.2, 0.25) is 15.1 Å². The van der Waals surface area contributed by atoms with Crippen molar-refractivity contribution < 1.29 is 33.0 Å². The highest BCUT2D eigenvalue weighted by Gasteiger charge is 2.25. The van der Waals surface area contributed by atoms with E-state index in [1.165, 1.54) is 31.4 Å². The van der Waals surface area contributed by atoms with Crippen LogP contribution in [0, 0.1) is 21.7 Å². The minimum absolute atomic E-state index is 0.00389. The Morgan fingerprint density at radius 1 is 0.607 bits per heavy atom. The lowest BCUT2D eigenvalue weighted by Gasteiger charge is -2.22. The third-order valence-corrected chi connectivity index (χ3v) is 9.26. The van der Waals surface area contributed by atoms with Gasteiger partial charge in [-0.25, -0.2) is 8.78 Å². The molecule has 1 N–H and O–H groups in total. The molecular weight excluding hydrogens is 783 g/mol. The summed E-state index contributed by atoms with van der Waals surface area (Å²) in [5.74, 6) is 1.08. The van der Waals surface area contributed by atoms with E-state index < -0.39 is 10.7 Å². The summed E-state index contributed by atoms with van der Waals surface area (Å²) in [5.41, 5.74) is 2.35. The Morgan fingerprint density at radius 2 is 1.05 bits per heavy atom. The van der Waals surface area contributed by atoms with Crippen LogP contribution >= 0.6 is 34.8 Å². The number of aliphatic hydroxyl groups is 1. The standard InChI is InChI=1S/C12H17ClO2.C11H14ClFO.C11H15ClO.C10H12FNO2/c1-12(2,3)9-5-4-6-10(11(9)13)15-8-7-14;1-11(2,3)9-7(13)5-6-8(14-4)10(9)12;1-11(2,3)8-6-5-7-9(13-4)10(8)12;1-10(2,3)8-5-4-7(12(13)14)6-9(8)11/h4-6,14H,7-8H2,1-3H3;5-6H,1-4H3;5-7H,1-4H3;4-6H,1-3H3. The highest BCUT2D eigenvalue weighted by Crippen LogP contribution is 2.38. The first-order valence-corrected chi connectivity index (χ1v) is 19.1. The molecule has 0 aromatic heterocycles. The van der Waals surface area contributed by atoms with Gasteiger partial charge in [-0.3, -0.25) is 10.1 Å². The molecule has 4 aromatic carbocycles. The molecule has 0 radical (unpaired) electrons. The Hall–Kier alpha value is -3.63. The van der Waals surface area contributed by atoms with Crippen LogP contribution in [0.5, 0.6) is 17.2 Å². The van der Waals surface area contributed by atoms with Crippen LogP contribution in [0.4, 0.5) is 14.5 Å². The third kappa shape index (κ3) is 15.0. The van der Waals surface area contributed by atoms with Crippen molar-refractivity contribution in [3.8, 4) is 17.2 Å². The second-order valence-electron chi connectivity index (χ2n) is 16.9. The lowest BCUT2D eigenvalue weighted by atomic mass is 9.86. The van der Waals surface area contributed by atoms with Gasteiger partial charge in [-0.05, 0) is 68.7 Å². The molecule has 0 saturated carbocycles. The SMILES string of the molecule is CC(C)(C)c1ccc([N+](=O)[O-])cc1F.CC(C)(C)c1cccc(OCCO)c1Cl.COc1ccc(F)c(C(C)(C)C)c1Cl.COc1cccc(C(C)(C)C)c1Cl. The fraction of sp³-hybridized carbons (Fsp3) is 0.455. The molecule has 12 heteroatoms. The van der Waals surface area contributed by atoms with Gasteiger partial charge in [0.1, 0.15) is 35.5 Å². The first-order chi connectivity index (χ1) is 25.6. The zero-order valence-electron chi connectivity index (χ0n) is 35.1. The Morgan fingerprint density at radius 3 is 1.45 bits per heavy atom. The van der Waals surface area contributed by atoms with E-state index in [2.05, 4.69) is 41.5 Å². The van der Waals surface area contributed by atoms with Crippen LogP contribution < -0.4 is 14.2 Å². The summed E-state index contributed by atoms with van der Waals surface area (Å²) >= 11 is 18.4. The predicted molar refractivity (Wildman–Crippen MR) is 228 cm³/mol. The number of nitrogens with zero attached hydrogens (tertiary/aromatic N) is 1. The second kappa shape index (κ2) is 21.2. The van der Waals surface area contributed by atoms with Crippen LogP contribution in [-0.2, 0) is 21.7 Å². The molecule has 0 spiro atoms. The lowest BCUT2D eigenvalue weighted by molar-refractivity contribution is -0.385. The number of ether oxygens (including phenoxy) is 3. The van der Waals surface area contributed by atoms with Gasteiger partial charge in [-0.1, -0.05) is 142 Å². The maximum atomic E-state index is 13.5. The number of nitro groups is 1. The zero-order valence-corrected chi connectivity index (χ0v) is 37.4. The molecule has 7 nitrogen and oxygen atoms in total. The first kappa shape index (κ1) is 50.4. The highest BCUT2D eigenvalue weighted by molar-refractivity contribution is 6.33. The van der Waals surface area contributed by atoms with E-state index in [0.717, 1.165) is 28.0 Å². The second-order valence-corrected chi connectivity index (χ2v) is 18.0.